The van der Waals surface area contributed by atoms with Gasteiger partial charge in [0.15, 0.2) is 0 Å². The zero-order chi connectivity index (χ0) is 23.2. The lowest BCUT2D eigenvalue weighted by Crippen LogP contribution is -2.42. The van der Waals surface area contributed by atoms with Gasteiger partial charge in [-0.15, -0.1) is 0 Å². The van der Waals surface area contributed by atoms with Gasteiger partial charge in [-0.3, -0.25) is 4.98 Å². The van der Waals surface area contributed by atoms with Crippen LogP contribution in [0.1, 0.15) is 18.4 Å². The minimum Gasteiger partial charge on any atom is -0.464 e. The van der Waals surface area contributed by atoms with Crippen LogP contribution in [0.2, 0.25) is 0 Å². The topological polar surface area (TPSA) is 29.3 Å². The van der Waals surface area contributed by atoms with E-state index in [0.29, 0.717) is 27.4 Å². The molecule has 5 rings (SSSR count). The van der Waals surface area contributed by atoms with Crippen molar-refractivity contribution >= 4 is 28.2 Å². The number of fused-ring (bicyclic) bond motifs is 1. The smallest absolute Gasteiger partial charge is 0.251 e. The van der Waals surface area contributed by atoms with Crippen LogP contribution in [0.5, 0.6) is 0 Å². The number of furan rings is 1. The molecule has 0 N–H and O–H groups in total. The highest BCUT2D eigenvalue weighted by molar-refractivity contribution is 7.80. The average molecular weight is 470 g/mol. The van der Waals surface area contributed by atoms with Gasteiger partial charge in [0.2, 0.25) is 0 Å². The molecule has 4 aromatic rings. The number of benzene rings is 2. The zero-order valence-corrected chi connectivity index (χ0v) is 18.1. The lowest BCUT2D eigenvalue weighted by molar-refractivity contribution is -0.0430. The first-order valence-electron chi connectivity index (χ1n) is 10.4. The van der Waals surface area contributed by atoms with Gasteiger partial charge in [-0.25, -0.2) is 17.6 Å². The van der Waals surface area contributed by atoms with E-state index in [1.807, 2.05) is 6.07 Å². The molecule has 2 aromatic carbocycles. The summed E-state index contributed by atoms with van der Waals surface area (Å²) in [6.45, 7) is 0.411. The second-order valence-corrected chi connectivity index (χ2v) is 8.45. The van der Waals surface area contributed by atoms with Crippen molar-refractivity contribution in [2.75, 3.05) is 13.1 Å². The maximum Gasteiger partial charge on any atom is 0.251 e. The fourth-order valence-electron chi connectivity index (χ4n) is 4.05. The molecule has 8 heteroatoms. The number of alkyl halides is 2. The van der Waals surface area contributed by atoms with E-state index in [1.54, 1.807) is 35.4 Å². The quantitative estimate of drug-likeness (QED) is 0.242. The molecule has 168 valence electrons. The van der Waals surface area contributed by atoms with Crippen molar-refractivity contribution in [2.45, 2.75) is 18.8 Å². The Balaban J connectivity index is 1.47. The number of rotatable bonds is 3. The highest BCUT2D eigenvalue weighted by Gasteiger charge is 2.34. The molecule has 0 amide bonds. The Bertz CT molecular complexity index is 1340. The van der Waals surface area contributed by atoms with Crippen LogP contribution in [0.15, 0.2) is 65.4 Å². The van der Waals surface area contributed by atoms with Gasteiger partial charge < -0.3 is 9.32 Å². The van der Waals surface area contributed by atoms with Crippen LogP contribution in [0.3, 0.4) is 0 Å². The van der Waals surface area contributed by atoms with Gasteiger partial charge in [-0.1, -0.05) is 12.2 Å². The Labute approximate surface area is 192 Å². The molecular formula is C25H18F4N2OS. The fraction of sp³-hybridized carbons (Fsp3) is 0.200. The summed E-state index contributed by atoms with van der Waals surface area (Å²) < 4.78 is 60.4. The minimum atomic E-state index is -2.64. The summed E-state index contributed by atoms with van der Waals surface area (Å²) in [7, 11) is 0. The van der Waals surface area contributed by atoms with E-state index in [9.17, 15) is 17.6 Å². The molecule has 0 unspecified atom stereocenters. The summed E-state index contributed by atoms with van der Waals surface area (Å²) in [6, 6.07) is 12.4. The van der Waals surface area contributed by atoms with E-state index in [-0.39, 0.29) is 31.5 Å². The third-order valence-corrected chi connectivity index (χ3v) is 6.35. The van der Waals surface area contributed by atoms with Crippen molar-refractivity contribution in [3.05, 3.63) is 78.2 Å². The third-order valence-electron chi connectivity index (χ3n) is 5.86. The number of nitrogens with zero attached hydrogens (tertiary/aromatic N) is 2. The number of pyridine rings is 1. The second kappa shape index (κ2) is 8.26. The van der Waals surface area contributed by atoms with E-state index in [2.05, 4.69) is 4.98 Å². The molecule has 3 nitrogen and oxygen atoms in total. The molecule has 0 aliphatic carbocycles. The van der Waals surface area contributed by atoms with Crippen LogP contribution >= 0.6 is 12.2 Å². The molecule has 0 spiro atoms. The first kappa shape index (κ1) is 21.6. The molecule has 0 radical (unpaired) electrons. The maximum absolute atomic E-state index is 14.5. The van der Waals surface area contributed by atoms with Crippen molar-refractivity contribution in [1.29, 1.82) is 0 Å². The van der Waals surface area contributed by atoms with Crippen LogP contribution in [-0.4, -0.2) is 33.9 Å². The lowest BCUT2D eigenvalue weighted by Gasteiger charge is -2.33. The van der Waals surface area contributed by atoms with Crippen molar-refractivity contribution in [2.24, 2.45) is 0 Å². The summed E-state index contributed by atoms with van der Waals surface area (Å²) >= 11 is 5.49. The summed E-state index contributed by atoms with van der Waals surface area (Å²) in [4.78, 5) is 6.77. The van der Waals surface area contributed by atoms with Crippen LogP contribution in [0.25, 0.3) is 33.4 Å². The van der Waals surface area contributed by atoms with Crippen molar-refractivity contribution in [3.63, 3.8) is 0 Å². The Morgan fingerprint density at radius 1 is 0.970 bits per heavy atom. The number of likely N-dealkylation sites (tertiary alicyclic amines) is 1. The highest BCUT2D eigenvalue weighted by atomic mass is 32.1. The lowest BCUT2D eigenvalue weighted by atomic mass is 9.98. The van der Waals surface area contributed by atoms with Gasteiger partial charge >= 0.3 is 0 Å². The van der Waals surface area contributed by atoms with Crippen molar-refractivity contribution < 1.29 is 22.0 Å². The van der Waals surface area contributed by atoms with Crippen molar-refractivity contribution in [1.82, 2.24) is 9.88 Å². The predicted molar refractivity (Wildman–Crippen MR) is 122 cm³/mol. The molecular weight excluding hydrogens is 452 g/mol. The summed E-state index contributed by atoms with van der Waals surface area (Å²) in [5, 5.41) is 0.752. The zero-order valence-electron chi connectivity index (χ0n) is 17.3. The summed E-state index contributed by atoms with van der Waals surface area (Å²) in [5.74, 6) is -3.99. The van der Waals surface area contributed by atoms with Crippen molar-refractivity contribution in [3.8, 4) is 22.4 Å². The fourth-order valence-corrected chi connectivity index (χ4v) is 4.35. The monoisotopic (exact) mass is 470 g/mol. The molecule has 1 fully saturated rings. The van der Waals surface area contributed by atoms with Crippen LogP contribution in [-0.2, 0) is 0 Å². The first-order chi connectivity index (χ1) is 15.8. The Morgan fingerprint density at radius 2 is 1.76 bits per heavy atom. The molecule has 0 saturated carbocycles. The van der Waals surface area contributed by atoms with Gasteiger partial charge in [0.05, 0.1) is 12.0 Å². The molecule has 1 aliphatic heterocycles. The molecule has 1 aliphatic rings. The van der Waals surface area contributed by atoms with Gasteiger partial charge in [0.25, 0.3) is 5.92 Å². The molecule has 0 atom stereocenters. The number of piperidine rings is 1. The largest absolute Gasteiger partial charge is 0.464 e. The van der Waals surface area contributed by atoms with E-state index >= 15 is 0 Å². The summed E-state index contributed by atoms with van der Waals surface area (Å²) in [6.07, 6.45) is 2.69. The van der Waals surface area contributed by atoms with Gasteiger partial charge in [-0.05, 0) is 42.5 Å². The standard InChI is InChI=1S/C25H18F4N2OS/c26-18-2-3-19(21(27)13-18)20-12-17(11-15-5-10-32-23(15)20)22-4-1-16(14-30-22)24(33)31-8-6-25(28,29)7-9-31/h1-5,10-14H,6-9H2. The summed E-state index contributed by atoms with van der Waals surface area (Å²) in [5.41, 5.74) is 3.21. The number of aromatic nitrogens is 1. The van der Waals surface area contributed by atoms with E-state index in [0.717, 1.165) is 17.0 Å². The normalized spacial score (nSPS) is 15.7. The molecule has 33 heavy (non-hydrogen) atoms. The number of halogens is 4. The number of hydrogen-bond donors (Lipinski definition) is 0. The Kier molecular flexibility index (Phi) is 5.40. The van der Waals surface area contributed by atoms with E-state index in [1.165, 1.54) is 18.4 Å². The molecule has 2 aromatic heterocycles. The Hall–Kier alpha value is -3.26. The maximum atomic E-state index is 14.5. The Morgan fingerprint density at radius 3 is 2.45 bits per heavy atom. The van der Waals surface area contributed by atoms with E-state index in [4.69, 9.17) is 16.6 Å². The minimum absolute atomic E-state index is 0.206. The van der Waals surface area contributed by atoms with E-state index < -0.39 is 17.6 Å². The highest BCUT2D eigenvalue weighted by Crippen LogP contribution is 2.36. The van der Waals surface area contributed by atoms with Crippen LogP contribution < -0.4 is 0 Å². The number of hydrogen-bond acceptors (Lipinski definition) is 3. The van der Waals surface area contributed by atoms with Crippen LogP contribution in [0.4, 0.5) is 17.6 Å². The number of thiocarbonyl (C=S) groups is 1. The van der Waals surface area contributed by atoms with Crippen LogP contribution in [0, 0.1) is 11.6 Å². The third kappa shape index (κ3) is 4.23. The predicted octanol–water partition coefficient (Wildman–Crippen LogP) is 6.85. The average Bonchev–Trinajstić information content (AvgIpc) is 3.27. The molecule has 0 bridgehead atoms. The van der Waals surface area contributed by atoms with Gasteiger partial charge in [0.1, 0.15) is 22.2 Å². The molecule has 3 heterocycles. The SMILES string of the molecule is Fc1ccc(-c2cc(-c3ccc(C(=S)N4CCC(F)(F)CC4)cn3)cc3ccoc23)c(F)c1. The van der Waals surface area contributed by atoms with Gasteiger partial charge in [0, 0.05) is 65.8 Å². The second-order valence-electron chi connectivity index (χ2n) is 8.07. The van der Waals surface area contributed by atoms with Gasteiger partial charge in [-0.2, -0.15) is 0 Å². The molecule has 1 saturated heterocycles. The first-order valence-corrected chi connectivity index (χ1v) is 10.8.